The second kappa shape index (κ2) is 9.26. The summed E-state index contributed by atoms with van der Waals surface area (Å²) in [7, 11) is -3.90. The highest BCUT2D eigenvalue weighted by Gasteiger charge is 2.27. The molecule has 158 valence electrons. The normalized spacial score (nSPS) is 21.7. The first-order chi connectivity index (χ1) is 13.7. The smallest absolute Gasteiger partial charge is 0.238 e. The standard InChI is InChI=1S/C22H30N2O4S/c1-16-7-6-8-17(2)24(16)15-19(25)13-18-14-21(11-12-22(18)29(23,26)27)28-20-9-4-3-5-10-20/h3-5,9-12,14,16-17,19,25H,6-8,13,15H2,1-2H3,(H2,23,26,27)/t16-,17+,19-/m1/s1. The van der Waals surface area contributed by atoms with Crippen molar-refractivity contribution in [1.82, 2.24) is 4.90 Å². The molecule has 0 amide bonds. The fourth-order valence-electron chi connectivity index (χ4n) is 4.08. The van der Waals surface area contributed by atoms with Gasteiger partial charge in [-0.2, -0.15) is 0 Å². The minimum Gasteiger partial charge on any atom is -0.457 e. The van der Waals surface area contributed by atoms with Gasteiger partial charge in [0.05, 0.1) is 11.0 Å². The lowest BCUT2D eigenvalue weighted by Gasteiger charge is -2.40. The molecule has 1 saturated heterocycles. The number of hydrogen-bond donors (Lipinski definition) is 2. The molecule has 0 bridgehead atoms. The van der Waals surface area contributed by atoms with Crippen LogP contribution in [-0.2, 0) is 16.4 Å². The Morgan fingerprint density at radius 1 is 1.10 bits per heavy atom. The van der Waals surface area contributed by atoms with Gasteiger partial charge in [0.1, 0.15) is 11.5 Å². The molecule has 0 saturated carbocycles. The highest BCUT2D eigenvalue weighted by atomic mass is 32.2. The van der Waals surface area contributed by atoms with E-state index < -0.39 is 16.1 Å². The lowest BCUT2D eigenvalue weighted by Crippen LogP contribution is -2.47. The number of β-amino-alcohol motifs (C(OH)–C–C–N with tert-alkyl or cyclic N) is 1. The second-order valence-electron chi connectivity index (χ2n) is 7.91. The molecule has 3 atom stereocenters. The van der Waals surface area contributed by atoms with E-state index in [0.29, 0.717) is 35.7 Å². The van der Waals surface area contributed by atoms with Crippen LogP contribution < -0.4 is 9.88 Å². The molecular weight excluding hydrogens is 388 g/mol. The van der Waals surface area contributed by atoms with E-state index in [-0.39, 0.29) is 11.3 Å². The number of sulfonamides is 1. The molecule has 0 radical (unpaired) electrons. The molecule has 1 aliphatic rings. The molecule has 3 N–H and O–H groups in total. The Morgan fingerprint density at radius 2 is 1.76 bits per heavy atom. The molecule has 3 rings (SSSR count). The summed E-state index contributed by atoms with van der Waals surface area (Å²) >= 11 is 0. The van der Waals surface area contributed by atoms with Crippen molar-refractivity contribution in [3.8, 4) is 11.5 Å². The molecule has 1 aliphatic heterocycles. The van der Waals surface area contributed by atoms with Gasteiger partial charge in [-0.1, -0.05) is 24.6 Å². The Hall–Kier alpha value is -1.93. The predicted molar refractivity (Wildman–Crippen MR) is 114 cm³/mol. The Morgan fingerprint density at radius 3 is 2.38 bits per heavy atom. The Balaban J connectivity index is 1.80. The molecule has 0 unspecified atom stereocenters. The molecule has 0 aliphatic carbocycles. The number of nitrogens with zero attached hydrogens (tertiary/aromatic N) is 1. The summed E-state index contributed by atoms with van der Waals surface area (Å²) in [6, 6.07) is 14.7. The van der Waals surface area contributed by atoms with Gasteiger partial charge in [0.25, 0.3) is 0 Å². The van der Waals surface area contributed by atoms with E-state index in [1.165, 1.54) is 12.5 Å². The third-order valence-corrected chi connectivity index (χ3v) is 6.58. The van der Waals surface area contributed by atoms with Gasteiger partial charge in [0.2, 0.25) is 10.0 Å². The fraction of sp³-hybridized carbons (Fsp3) is 0.455. The van der Waals surface area contributed by atoms with E-state index in [9.17, 15) is 13.5 Å². The maximum Gasteiger partial charge on any atom is 0.238 e. The van der Waals surface area contributed by atoms with Crippen LogP contribution in [0.5, 0.6) is 11.5 Å². The first-order valence-electron chi connectivity index (χ1n) is 10.1. The molecule has 29 heavy (non-hydrogen) atoms. The van der Waals surface area contributed by atoms with Gasteiger partial charge in [0, 0.05) is 25.0 Å². The quantitative estimate of drug-likeness (QED) is 0.720. The number of likely N-dealkylation sites (tertiary alicyclic amines) is 1. The van der Waals surface area contributed by atoms with Crippen LogP contribution in [-0.4, -0.2) is 43.2 Å². The maximum absolute atomic E-state index is 12.0. The van der Waals surface area contributed by atoms with Crippen molar-refractivity contribution in [1.29, 1.82) is 0 Å². The van der Waals surface area contributed by atoms with Crippen LogP contribution in [0.25, 0.3) is 0 Å². The van der Waals surface area contributed by atoms with Crippen molar-refractivity contribution in [3.05, 3.63) is 54.1 Å². The minimum absolute atomic E-state index is 0.0247. The van der Waals surface area contributed by atoms with Gasteiger partial charge >= 0.3 is 0 Å². The van der Waals surface area contributed by atoms with Gasteiger partial charge in [-0.05, 0) is 62.6 Å². The van der Waals surface area contributed by atoms with Crippen LogP contribution in [0, 0.1) is 0 Å². The summed E-state index contributed by atoms with van der Waals surface area (Å²) < 4.78 is 29.9. The molecule has 1 fully saturated rings. The largest absolute Gasteiger partial charge is 0.457 e. The number of rotatable bonds is 7. The van der Waals surface area contributed by atoms with Crippen LogP contribution in [0.15, 0.2) is 53.4 Å². The third kappa shape index (κ3) is 5.79. The number of para-hydroxylation sites is 1. The summed E-state index contributed by atoms with van der Waals surface area (Å²) in [5.74, 6) is 1.16. The highest BCUT2D eigenvalue weighted by Crippen LogP contribution is 2.28. The van der Waals surface area contributed by atoms with Crippen LogP contribution in [0.1, 0.15) is 38.7 Å². The molecule has 0 spiro atoms. The zero-order valence-corrected chi connectivity index (χ0v) is 17.8. The number of primary sulfonamides is 1. The maximum atomic E-state index is 12.0. The second-order valence-corrected chi connectivity index (χ2v) is 9.44. The molecular formula is C22H30N2O4S. The number of piperidine rings is 1. The number of aliphatic hydroxyl groups is 1. The zero-order valence-electron chi connectivity index (χ0n) is 17.0. The van der Waals surface area contributed by atoms with Crippen molar-refractivity contribution in [2.45, 2.75) is 62.6 Å². The van der Waals surface area contributed by atoms with Gasteiger partial charge < -0.3 is 9.84 Å². The summed E-state index contributed by atoms with van der Waals surface area (Å²) in [4.78, 5) is 2.33. The molecule has 1 heterocycles. The average Bonchev–Trinajstić information content (AvgIpc) is 2.65. The summed E-state index contributed by atoms with van der Waals surface area (Å²) in [6.45, 7) is 4.84. The number of ether oxygens (including phenoxy) is 1. The Bertz CT molecular complexity index is 908. The van der Waals surface area contributed by atoms with E-state index >= 15 is 0 Å². The molecule has 2 aromatic carbocycles. The molecule has 6 nitrogen and oxygen atoms in total. The van der Waals surface area contributed by atoms with Crippen molar-refractivity contribution >= 4 is 10.0 Å². The zero-order chi connectivity index (χ0) is 21.0. The summed E-state index contributed by atoms with van der Waals surface area (Å²) in [5.41, 5.74) is 0.464. The van der Waals surface area contributed by atoms with Crippen molar-refractivity contribution in [3.63, 3.8) is 0 Å². The molecule has 0 aromatic heterocycles. The van der Waals surface area contributed by atoms with E-state index in [4.69, 9.17) is 9.88 Å². The van der Waals surface area contributed by atoms with Crippen LogP contribution in [0.2, 0.25) is 0 Å². The number of hydrogen-bond acceptors (Lipinski definition) is 5. The lowest BCUT2D eigenvalue weighted by molar-refractivity contribution is 0.0417. The van der Waals surface area contributed by atoms with Gasteiger partial charge in [-0.25, -0.2) is 13.6 Å². The van der Waals surface area contributed by atoms with Gasteiger partial charge in [-0.15, -0.1) is 0 Å². The van der Waals surface area contributed by atoms with Crippen molar-refractivity contribution in [2.75, 3.05) is 6.54 Å². The van der Waals surface area contributed by atoms with Gasteiger partial charge in [-0.3, -0.25) is 4.90 Å². The summed E-state index contributed by atoms with van der Waals surface area (Å²) in [5, 5.41) is 16.1. The third-order valence-electron chi connectivity index (χ3n) is 5.57. The number of aliphatic hydroxyl groups excluding tert-OH is 1. The predicted octanol–water partition coefficient (Wildman–Crippen LogP) is 3.29. The van der Waals surface area contributed by atoms with E-state index in [2.05, 4.69) is 18.7 Å². The topological polar surface area (TPSA) is 92.9 Å². The van der Waals surface area contributed by atoms with Gasteiger partial charge in [0.15, 0.2) is 0 Å². The van der Waals surface area contributed by atoms with Crippen molar-refractivity contribution in [2.24, 2.45) is 5.14 Å². The minimum atomic E-state index is -3.90. The molecule has 7 heteroatoms. The van der Waals surface area contributed by atoms with Crippen LogP contribution in [0.3, 0.4) is 0 Å². The first-order valence-corrected chi connectivity index (χ1v) is 11.6. The van der Waals surface area contributed by atoms with Crippen molar-refractivity contribution < 1.29 is 18.3 Å². The van der Waals surface area contributed by atoms with E-state index in [0.717, 1.165) is 12.8 Å². The summed E-state index contributed by atoms with van der Waals surface area (Å²) in [6.07, 6.45) is 2.90. The molecule has 2 aromatic rings. The first kappa shape index (κ1) is 21.8. The van der Waals surface area contributed by atoms with E-state index in [1.54, 1.807) is 12.1 Å². The highest BCUT2D eigenvalue weighted by molar-refractivity contribution is 7.89. The van der Waals surface area contributed by atoms with Crippen LogP contribution in [0.4, 0.5) is 0 Å². The monoisotopic (exact) mass is 418 g/mol. The SMILES string of the molecule is C[C@@H]1CCC[C@H](C)N1C[C@H](O)Cc1cc(Oc2ccccc2)ccc1S(N)(=O)=O. The number of nitrogens with two attached hydrogens (primary N) is 1. The van der Waals surface area contributed by atoms with Crippen LogP contribution >= 0.6 is 0 Å². The Kier molecular flexibility index (Phi) is 6.95. The number of benzene rings is 2. The fourth-order valence-corrected chi connectivity index (χ4v) is 4.84. The average molecular weight is 419 g/mol. The van der Waals surface area contributed by atoms with E-state index in [1.807, 2.05) is 30.3 Å². The lowest BCUT2D eigenvalue weighted by atomic mass is 9.96. The Labute approximate surface area is 173 Å².